The second kappa shape index (κ2) is 5.79. The van der Waals surface area contributed by atoms with Crippen LogP contribution in [0.25, 0.3) is 0 Å². The highest BCUT2D eigenvalue weighted by Gasteiger charge is 2.14. The molecule has 0 saturated carbocycles. The van der Waals surface area contributed by atoms with Gasteiger partial charge >= 0.3 is 0 Å². The molecule has 0 radical (unpaired) electrons. The predicted octanol–water partition coefficient (Wildman–Crippen LogP) is 1.96. The Morgan fingerprint density at radius 2 is 1.65 bits per heavy atom. The van der Waals surface area contributed by atoms with Crippen molar-refractivity contribution in [3.8, 4) is 5.75 Å². The van der Waals surface area contributed by atoms with E-state index in [2.05, 4.69) is 5.32 Å². The number of rotatable bonds is 3. The van der Waals surface area contributed by atoms with Gasteiger partial charge in [-0.25, -0.2) is 0 Å². The van der Waals surface area contributed by atoms with E-state index in [1.54, 1.807) is 24.3 Å². The number of benzene rings is 2. The standard InChI is InChI=1S/C15H12N2O3/c16-9-10-5-7-11(8-6-10)14(19)17-15(20)12-3-1-2-4-13(12)18/h1-9,16,18H,(H,17,19,20). The van der Waals surface area contributed by atoms with Crippen LogP contribution in [0.1, 0.15) is 26.3 Å². The van der Waals surface area contributed by atoms with Crippen LogP contribution < -0.4 is 5.32 Å². The van der Waals surface area contributed by atoms with Crippen LogP contribution in [0.2, 0.25) is 0 Å². The third-order valence-corrected chi connectivity index (χ3v) is 2.72. The fourth-order valence-electron chi connectivity index (χ4n) is 1.64. The Balaban J connectivity index is 2.13. The van der Waals surface area contributed by atoms with Crippen LogP contribution in [-0.4, -0.2) is 23.1 Å². The van der Waals surface area contributed by atoms with Gasteiger partial charge in [0.25, 0.3) is 11.8 Å². The number of para-hydroxylation sites is 1. The van der Waals surface area contributed by atoms with Crippen molar-refractivity contribution in [3.63, 3.8) is 0 Å². The molecule has 3 N–H and O–H groups in total. The first-order valence-electron chi connectivity index (χ1n) is 5.86. The van der Waals surface area contributed by atoms with Crippen LogP contribution in [0.3, 0.4) is 0 Å². The van der Waals surface area contributed by atoms with Crippen LogP contribution in [0.5, 0.6) is 5.75 Å². The zero-order chi connectivity index (χ0) is 14.5. The Hall–Kier alpha value is -2.95. The highest BCUT2D eigenvalue weighted by Crippen LogP contribution is 2.15. The summed E-state index contributed by atoms with van der Waals surface area (Å²) in [5.41, 5.74) is 1.00. The summed E-state index contributed by atoms with van der Waals surface area (Å²) in [6.07, 6.45) is 1.16. The van der Waals surface area contributed by atoms with E-state index >= 15 is 0 Å². The Kier molecular flexibility index (Phi) is 3.91. The predicted molar refractivity (Wildman–Crippen MR) is 74.2 cm³/mol. The van der Waals surface area contributed by atoms with Gasteiger partial charge in [-0.2, -0.15) is 0 Å². The van der Waals surface area contributed by atoms with Crippen LogP contribution in [0.15, 0.2) is 48.5 Å². The molecule has 0 fully saturated rings. The van der Waals surface area contributed by atoms with Crippen molar-refractivity contribution in [2.75, 3.05) is 0 Å². The fraction of sp³-hybridized carbons (Fsp3) is 0. The number of phenolic OH excluding ortho intramolecular Hbond substituents is 1. The number of hydrogen-bond donors (Lipinski definition) is 3. The number of amides is 2. The van der Waals surface area contributed by atoms with Gasteiger partial charge in [0.1, 0.15) is 5.75 Å². The van der Waals surface area contributed by atoms with E-state index in [1.807, 2.05) is 0 Å². The van der Waals surface area contributed by atoms with Crippen molar-refractivity contribution in [2.24, 2.45) is 0 Å². The van der Waals surface area contributed by atoms with Crippen LogP contribution in [0.4, 0.5) is 0 Å². The third-order valence-electron chi connectivity index (χ3n) is 2.72. The van der Waals surface area contributed by atoms with E-state index in [0.29, 0.717) is 11.1 Å². The number of hydrogen-bond acceptors (Lipinski definition) is 4. The molecule has 0 atom stereocenters. The smallest absolute Gasteiger partial charge is 0.261 e. The second-order valence-corrected chi connectivity index (χ2v) is 4.07. The highest BCUT2D eigenvalue weighted by molar-refractivity contribution is 6.11. The molecule has 100 valence electrons. The van der Waals surface area contributed by atoms with Crippen molar-refractivity contribution < 1.29 is 14.7 Å². The fourth-order valence-corrected chi connectivity index (χ4v) is 1.64. The van der Waals surface area contributed by atoms with Crippen molar-refractivity contribution in [1.82, 2.24) is 5.32 Å². The first-order valence-corrected chi connectivity index (χ1v) is 5.86. The van der Waals surface area contributed by atoms with Gasteiger partial charge < -0.3 is 10.5 Å². The monoisotopic (exact) mass is 268 g/mol. The molecule has 20 heavy (non-hydrogen) atoms. The lowest BCUT2D eigenvalue weighted by atomic mass is 10.1. The molecule has 5 nitrogen and oxygen atoms in total. The molecule has 2 aromatic rings. The first kappa shape index (κ1) is 13.5. The molecule has 0 saturated heterocycles. The summed E-state index contributed by atoms with van der Waals surface area (Å²) in [6, 6.07) is 12.2. The molecule has 0 heterocycles. The van der Waals surface area contributed by atoms with E-state index in [9.17, 15) is 14.7 Å². The highest BCUT2D eigenvalue weighted by atomic mass is 16.3. The summed E-state index contributed by atoms with van der Waals surface area (Å²) in [6.45, 7) is 0. The minimum atomic E-state index is -0.663. The van der Waals surface area contributed by atoms with Gasteiger partial charge in [0.2, 0.25) is 0 Å². The van der Waals surface area contributed by atoms with E-state index in [4.69, 9.17) is 5.41 Å². The van der Waals surface area contributed by atoms with Crippen molar-refractivity contribution in [1.29, 1.82) is 5.41 Å². The van der Waals surface area contributed by atoms with E-state index in [0.717, 1.165) is 6.21 Å². The molecule has 0 aliphatic heterocycles. The maximum atomic E-state index is 11.9. The molecule has 5 heteroatoms. The van der Waals surface area contributed by atoms with Crippen molar-refractivity contribution in [2.45, 2.75) is 0 Å². The Labute approximate surface area is 115 Å². The largest absolute Gasteiger partial charge is 0.507 e. The molecule has 2 amide bonds. The van der Waals surface area contributed by atoms with Gasteiger partial charge in [-0.15, -0.1) is 0 Å². The number of carbonyl (C=O) groups excluding carboxylic acids is 2. The Bertz CT molecular complexity index is 663. The molecular formula is C15H12N2O3. The molecule has 0 bridgehead atoms. The molecule has 2 rings (SSSR count). The SMILES string of the molecule is N=Cc1ccc(C(=O)NC(=O)c2ccccc2O)cc1. The lowest BCUT2D eigenvalue weighted by Gasteiger charge is -2.06. The minimum absolute atomic E-state index is 0.0389. The van der Waals surface area contributed by atoms with Gasteiger partial charge in [-0.05, 0) is 29.8 Å². The molecule has 2 aromatic carbocycles. The van der Waals surface area contributed by atoms with Crippen molar-refractivity contribution >= 4 is 18.0 Å². The zero-order valence-corrected chi connectivity index (χ0v) is 10.5. The van der Waals surface area contributed by atoms with Crippen LogP contribution in [0, 0.1) is 5.41 Å². The summed E-state index contributed by atoms with van der Waals surface area (Å²) in [4.78, 5) is 23.7. The van der Waals surface area contributed by atoms with Gasteiger partial charge in [0, 0.05) is 11.8 Å². The number of aromatic hydroxyl groups is 1. The summed E-state index contributed by atoms with van der Waals surface area (Å²) in [7, 11) is 0. The number of carbonyl (C=O) groups is 2. The molecule has 0 aliphatic rings. The van der Waals surface area contributed by atoms with Gasteiger partial charge in [0.05, 0.1) is 5.56 Å². The van der Waals surface area contributed by atoms with Crippen LogP contribution in [-0.2, 0) is 0 Å². The topological polar surface area (TPSA) is 90.3 Å². The number of imide groups is 1. The molecule has 0 aromatic heterocycles. The van der Waals surface area contributed by atoms with Crippen molar-refractivity contribution in [3.05, 3.63) is 65.2 Å². The molecule has 0 aliphatic carbocycles. The normalized spacial score (nSPS) is 9.80. The van der Waals surface area contributed by atoms with E-state index in [1.165, 1.54) is 24.3 Å². The second-order valence-electron chi connectivity index (χ2n) is 4.07. The van der Waals surface area contributed by atoms with E-state index in [-0.39, 0.29) is 11.3 Å². The van der Waals surface area contributed by atoms with Gasteiger partial charge in [-0.1, -0.05) is 24.3 Å². The average Bonchev–Trinajstić information content (AvgIpc) is 2.47. The van der Waals surface area contributed by atoms with Gasteiger partial charge in [-0.3, -0.25) is 14.9 Å². The number of phenols is 1. The number of nitrogens with one attached hydrogen (secondary N) is 2. The molecule has 0 unspecified atom stereocenters. The summed E-state index contributed by atoms with van der Waals surface area (Å²) < 4.78 is 0. The summed E-state index contributed by atoms with van der Waals surface area (Å²) in [5.74, 6) is -1.41. The molecular weight excluding hydrogens is 256 g/mol. The maximum Gasteiger partial charge on any atom is 0.261 e. The lowest BCUT2D eigenvalue weighted by Crippen LogP contribution is -2.30. The lowest BCUT2D eigenvalue weighted by molar-refractivity contribution is 0.0848. The first-order chi connectivity index (χ1) is 9.61. The maximum absolute atomic E-state index is 11.9. The summed E-state index contributed by atoms with van der Waals surface area (Å²) in [5, 5.41) is 18.8. The molecule has 0 spiro atoms. The quantitative estimate of drug-likeness (QED) is 0.587. The van der Waals surface area contributed by atoms with Gasteiger partial charge in [0.15, 0.2) is 0 Å². The van der Waals surface area contributed by atoms with E-state index < -0.39 is 11.8 Å². The Morgan fingerprint density at radius 3 is 2.25 bits per heavy atom. The third kappa shape index (κ3) is 2.89. The Morgan fingerprint density at radius 1 is 1.00 bits per heavy atom. The summed E-state index contributed by atoms with van der Waals surface area (Å²) >= 11 is 0. The minimum Gasteiger partial charge on any atom is -0.507 e. The average molecular weight is 268 g/mol. The van der Waals surface area contributed by atoms with Crippen LogP contribution >= 0.6 is 0 Å². The zero-order valence-electron chi connectivity index (χ0n) is 10.5.